The molecule has 0 bridgehead atoms. The maximum atomic E-state index is 6.59. The fraction of sp³-hybridized carbons (Fsp3) is 0.108. The fourth-order valence-corrected chi connectivity index (χ4v) is 5.83. The molecule has 196 valence electrons. The third-order valence-electron chi connectivity index (χ3n) is 8.05. The molecular formula is C37H27N3O. The maximum Gasteiger partial charge on any atom is 0.167 e. The smallest absolute Gasteiger partial charge is 0.167 e. The van der Waals surface area contributed by atoms with Crippen LogP contribution in [0.4, 0.5) is 0 Å². The van der Waals surface area contributed by atoms with Gasteiger partial charge in [0.15, 0.2) is 17.5 Å². The lowest BCUT2D eigenvalue weighted by Gasteiger charge is -2.12. The average Bonchev–Trinajstić information content (AvgIpc) is 3.82. The first-order valence-corrected chi connectivity index (χ1v) is 14.2. The number of furan rings is 1. The van der Waals surface area contributed by atoms with E-state index < -0.39 is 0 Å². The molecule has 4 heteroatoms. The van der Waals surface area contributed by atoms with Gasteiger partial charge in [-0.2, -0.15) is 0 Å². The van der Waals surface area contributed by atoms with Crippen LogP contribution in [0.25, 0.3) is 67.2 Å². The second-order valence-electron chi connectivity index (χ2n) is 10.8. The Labute approximate surface area is 238 Å². The Morgan fingerprint density at radius 2 is 1.17 bits per heavy atom. The van der Waals surface area contributed by atoms with Crippen LogP contribution in [0.3, 0.4) is 0 Å². The average molecular weight is 530 g/mol. The Kier molecular flexibility index (Phi) is 5.52. The molecular weight excluding hydrogens is 502 g/mol. The van der Waals surface area contributed by atoms with Crippen LogP contribution in [0, 0.1) is 6.92 Å². The van der Waals surface area contributed by atoms with E-state index in [1.807, 2.05) is 66.7 Å². The quantitative estimate of drug-likeness (QED) is 0.223. The summed E-state index contributed by atoms with van der Waals surface area (Å²) in [5.41, 5.74) is 9.67. The maximum absolute atomic E-state index is 6.59. The van der Waals surface area contributed by atoms with E-state index in [0.717, 1.165) is 38.6 Å². The highest BCUT2D eigenvalue weighted by molar-refractivity contribution is 6.10. The molecule has 0 atom stereocenters. The van der Waals surface area contributed by atoms with Crippen molar-refractivity contribution in [2.45, 2.75) is 25.7 Å². The van der Waals surface area contributed by atoms with Gasteiger partial charge in [0.25, 0.3) is 0 Å². The number of aryl methyl sites for hydroxylation is 1. The van der Waals surface area contributed by atoms with Crippen molar-refractivity contribution >= 4 is 21.9 Å². The molecule has 0 unspecified atom stereocenters. The SMILES string of the molecule is Cc1cc2oc3c(-c4nc(-c5ccccc5)nc(-c5ccccc5)n4)cccc3c2cc1-c1ccccc1C1CC1. The first kappa shape index (κ1) is 23.8. The van der Waals surface area contributed by atoms with Crippen molar-refractivity contribution in [3.05, 3.63) is 126 Å². The molecule has 1 fully saturated rings. The number of hydrogen-bond donors (Lipinski definition) is 0. The minimum atomic E-state index is 0.596. The Morgan fingerprint density at radius 1 is 0.561 bits per heavy atom. The van der Waals surface area contributed by atoms with E-state index in [1.54, 1.807) is 0 Å². The Morgan fingerprint density at radius 3 is 1.85 bits per heavy atom. The topological polar surface area (TPSA) is 51.8 Å². The summed E-state index contributed by atoms with van der Waals surface area (Å²) in [5.74, 6) is 2.55. The van der Waals surface area contributed by atoms with Crippen LogP contribution in [-0.4, -0.2) is 15.0 Å². The van der Waals surface area contributed by atoms with E-state index in [4.69, 9.17) is 19.4 Å². The highest BCUT2D eigenvalue weighted by atomic mass is 16.3. The molecule has 0 amide bonds. The van der Waals surface area contributed by atoms with Crippen LogP contribution in [0.15, 0.2) is 120 Å². The van der Waals surface area contributed by atoms with Crippen LogP contribution in [0.5, 0.6) is 0 Å². The lowest BCUT2D eigenvalue weighted by molar-refractivity contribution is 0.669. The van der Waals surface area contributed by atoms with Gasteiger partial charge in [-0.15, -0.1) is 0 Å². The van der Waals surface area contributed by atoms with Gasteiger partial charge < -0.3 is 4.42 Å². The molecule has 2 heterocycles. The van der Waals surface area contributed by atoms with Crippen LogP contribution < -0.4 is 0 Å². The van der Waals surface area contributed by atoms with Gasteiger partial charge in [-0.05, 0) is 66.1 Å². The summed E-state index contributed by atoms with van der Waals surface area (Å²) in [6.07, 6.45) is 2.55. The van der Waals surface area contributed by atoms with Gasteiger partial charge in [0.05, 0.1) is 5.56 Å². The molecule has 0 aliphatic heterocycles. The van der Waals surface area contributed by atoms with Gasteiger partial charge in [0, 0.05) is 21.9 Å². The summed E-state index contributed by atoms with van der Waals surface area (Å²) >= 11 is 0. The van der Waals surface area contributed by atoms with Gasteiger partial charge in [-0.3, -0.25) is 0 Å². The minimum absolute atomic E-state index is 0.596. The van der Waals surface area contributed by atoms with Crippen LogP contribution in [0.2, 0.25) is 0 Å². The number of fused-ring (bicyclic) bond motifs is 3. The Bertz CT molecular complexity index is 2000. The lowest BCUT2D eigenvalue weighted by atomic mass is 9.92. The summed E-state index contributed by atoms with van der Waals surface area (Å²) in [6.45, 7) is 2.18. The van der Waals surface area contributed by atoms with Crippen molar-refractivity contribution in [1.29, 1.82) is 0 Å². The zero-order valence-corrected chi connectivity index (χ0v) is 22.7. The summed E-state index contributed by atoms with van der Waals surface area (Å²) in [4.78, 5) is 14.8. The second-order valence-corrected chi connectivity index (χ2v) is 10.8. The molecule has 5 aromatic carbocycles. The van der Waals surface area contributed by atoms with E-state index in [0.29, 0.717) is 23.4 Å². The minimum Gasteiger partial charge on any atom is -0.455 e. The van der Waals surface area contributed by atoms with Crippen molar-refractivity contribution in [2.24, 2.45) is 0 Å². The normalized spacial score (nSPS) is 13.2. The largest absolute Gasteiger partial charge is 0.455 e. The number of aromatic nitrogens is 3. The highest BCUT2D eigenvalue weighted by Crippen LogP contribution is 2.46. The van der Waals surface area contributed by atoms with Crippen LogP contribution >= 0.6 is 0 Å². The van der Waals surface area contributed by atoms with Gasteiger partial charge in [0.1, 0.15) is 11.2 Å². The monoisotopic (exact) mass is 529 g/mol. The van der Waals surface area contributed by atoms with Gasteiger partial charge in [-0.25, -0.2) is 15.0 Å². The first-order chi connectivity index (χ1) is 20.2. The Hall–Kier alpha value is -5.09. The second kappa shape index (κ2) is 9.53. The van der Waals surface area contributed by atoms with Crippen LogP contribution in [0.1, 0.15) is 29.9 Å². The first-order valence-electron chi connectivity index (χ1n) is 14.2. The van der Waals surface area contributed by atoms with E-state index in [1.165, 1.54) is 35.1 Å². The molecule has 0 spiro atoms. The molecule has 0 saturated heterocycles. The van der Waals surface area contributed by atoms with Gasteiger partial charge in [-0.1, -0.05) is 97.1 Å². The third kappa shape index (κ3) is 4.20. The number of nitrogens with zero attached hydrogens (tertiary/aromatic N) is 3. The lowest BCUT2D eigenvalue weighted by Crippen LogP contribution is -2.00. The summed E-state index contributed by atoms with van der Waals surface area (Å²) in [5, 5.41) is 2.17. The standard InChI is InChI=1S/C37H27N3O/c1-23-21-33-32(22-31(23)28-16-9-8-15-27(28)24-19-20-24)29-17-10-18-30(34(29)41-33)37-39-35(25-11-4-2-5-12-25)38-36(40-37)26-13-6-3-7-14-26/h2-18,21-22,24H,19-20H2,1H3. The number of para-hydroxylation sites is 1. The Balaban J connectivity index is 1.34. The van der Waals surface area contributed by atoms with E-state index >= 15 is 0 Å². The molecule has 1 aliphatic carbocycles. The number of rotatable bonds is 5. The van der Waals surface area contributed by atoms with E-state index in [9.17, 15) is 0 Å². The van der Waals surface area contributed by atoms with Crippen molar-refractivity contribution < 1.29 is 4.42 Å². The molecule has 0 radical (unpaired) electrons. The fourth-order valence-electron chi connectivity index (χ4n) is 5.83. The summed E-state index contributed by atoms with van der Waals surface area (Å²) < 4.78 is 6.59. The number of benzene rings is 5. The molecule has 1 aliphatic rings. The van der Waals surface area contributed by atoms with Gasteiger partial charge >= 0.3 is 0 Å². The van der Waals surface area contributed by atoms with Crippen molar-refractivity contribution in [2.75, 3.05) is 0 Å². The number of hydrogen-bond acceptors (Lipinski definition) is 4. The van der Waals surface area contributed by atoms with Crippen molar-refractivity contribution in [1.82, 2.24) is 15.0 Å². The molecule has 4 nitrogen and oxygen atoms in total. The third-order valence-corrected chi connectivity index (χ3v) is 8.05. The van der Waals surface area contributed by atoms with Crippen LogP contribution in [-0.2, 0) is 0 Å². The summed E-state index contributed by atoms with van der Waals surface area (Å²) in [7, 11) is 0. The highest BCUT2D eigenvalue weighted by Gasteiger charge is 2.27. The molecule has 41 heavy (non-hydrogen) atoms. The zero-order valence-electron chi connectivity index (χ0n) is 22.7. The van der Waals surface area contributed by atoms with E-state index in [-0.39, 0.29) is 0 Å². The van der Waals surface area contributed by atoms with Crippen molar-refractivity contribution in [3.63, 3.8) is 0 Å². The molecule has 2 aromatic heterocycles. The van der Waals surface area contributed by atoms with E-state index in [2.05, 4.69) is 55.5 Å². The molecule has 1 saturated carbocycles. The predicted octanol–water partition coefficient (Wildman–Crippen LogP) is 9.62. The molecule has 0 N–H and O–H groups in total. The molecule has 7 aromatic rings. The van der Waals surface area contributed by atoms with Crippen molar-refractivity contribution in [3.8, 4) is 45.3 Å². The summed E-state index contributed by atoms with van der Waals surface area (Å²) in [6, 6.07) is 39.7. The molecule has 8 rings (SSSR count). The predicted molar refractivity (Wildman–Crippen MR) is 166 cm³/mol. The van der Waals surface area contributed by atoms with Gasteiger partial charge in [0.2, 0.25) is 0 Å². The zero-order chi connectivity index (χ0) is 27.3.